The van der Waals surface area contributed by atoms with Crippen molar-refractivity contribution < 1.29 is 23.9 Å². The van der Waals surface area contributed by atoms with Crippen molar-refractivity contribution in [1.29, 1.82) is 0 Å². The average molecular weight is 400 g/mol. The zero-order valence-corrected chi connectivity index (χ0v) is 17.3. The van der Waals surface area contributed by atoms with Gasteiger partial charge in [0.2, 0.25) is 5.91 Å². The Morgan fingerprint density at radius 3 is 2.34 bits per heavy atom. The second-order valence-electron chi connectivity index (χ2n) is 7.15. The number of hydrogen-bond donors (Lipinski definition) is 2. The van der Waals surface area contributed by atoms with Crippen LogP contribution in [0.4, 0.5) is 0 Å². The molecule has 1 fully saturated rings. The molecule has 0 saturated carbocycles. The highest BCUT2D eigenvalue weighted by molar-refractivity contribution is 5.78. The van der Waals surface area contributed by atoms with E-state index >= 15 is 0 Å². The molecule has 1 aliphatic rings. The van der Waals surface area contributed by atoms with Gasteiger partial charge in [-0.2, -0.15) is 0 Å². The second kappa shape index (κ2) is 10.8. The molecule has 2 aromatic rings. The molecular formula is C23H31N2O4+. The van der Waals surface area contributed by atoms with E-state index in [0.29, 0.717) is 19.6 Å². The molecule has 0 unspecified atom stereocenters. The Balaban J connectivity index is 1.61. The highest BCUT2D eigenvalue weighted by atomic mass is 16.5. The minimum absolute atomic E-state index is 0.0281. The lowest BCUT2D eigenvalue weighted by Crippen LogP contribution is -3.15. The molecule has 6 nitrogen and oxygen atoms in total. The van der Waals surface area contributed by atoms with Gasteiger partial charge in [-0.15, -0.1) is 0 Å². The number of nitrogens with one attached hydrogen (secondary N) is 2. The van der Waals surface area contributed by atoms with Crippen molar-refractivity contribution in [2.75, 3.05) is 46.6 Å². The Labute approximate surface area is 172 Å². The molecule has 0 aromatic heterocycles. The van der Waals surface area contributed by atoms with Crippen molar-refractivity contribution in [3.8, 4) is 11.5 Å². The van der Waals surface area contributed by atoms with Crippen LogP contribution in [0.2, 0.25) is 0 Å². The summed E-state index contributed by atoms with van der Waals surface area (Å²) in [6.07, 6.45) is 0.361. The van der Waals surface area contributed by atoms with Crippen LogP contribution in [0.25, 0.3) is 0 Å². The van der Waals surface area contributed by atoms with Gasteiger partial charge in [0.25, 0.3) is 0 Å². The molecule has 29 heavy (non-hydrogen) atoms. The molecule has 0 aliphatic carbocycles. The lowest BCUT2D eigenvalue weighted by molar-refractivity contribution is -0.937. The fourth-order valence-electron chi connectivity index (χ4n) is 3.65. The van der Waals surface area contributed by atoms with E-state index in [1.165, 1.54) is 10.5 Å². The van der Waals surface area contributed by atoms with Crippen LogP contribution in [0.1, 0.15) is 24.1 Å². The Morgan fingerprint density at radius 1 is 1.07 bits per heavy atom. The van der Waals surface area contributed by atoms with Crippen molar-refractivity contribution in [2.24, 2.45) is 0 Å². The van der Waals surface area contributed by atoms with Gasteiger partial charge in [-0.05, 0) is 48.9 Å². The minimum Gasteiger partial charge on any atom is -0.497 e. The van der Waals surface area contributed by atoms with Crippen LogP contribution in [-0.4, -0.2) is 52.5 Å². The zero-order chi connectivity index (χ0) is 20.5. The first kappa shape index (κ1) is 21.1. The molecular weight excluding hydrogens is 368 g/mol. The molecule has 2 N–H and O–H groups in total. The summed E-state index contributed by atoms with van der Waals surface area (Å²) in [5.74, 6) is 1.69. The third-order valence-corrected chi connectivity index (χ3v) is 5.25. The number of amides is 1. The first-order valence-corrected chi connectivity index (χ1v) is 10.2. The molecule has 0 radical (unpaired) electrons. The lowest BCUT2D eigenvalue weighted by Gasteiger charge is -2.32. The highest BCUT2D eigenvalue weighted by Gasteiger charge is 2.27. The van der Waals surface area contributed by atoms with E-state index in [0.717, 1.165) is 43.4 Å². The maximum absolute atomic E-state index is 12.5. The standard InChI is InChI=1S/C23H30N2O4/c1-3-29-21-8-4-18(5-9-21)16-23(26)24-17-22(25-12-14-28-15-13-25)19-6-10-20(27-2)11-7-19/h4-11,22H,3,12-17H2,1-2H3,(H,24,26)/p+1/t22-/m1/s1. The number of morpholine rings is 1. The molecule has 0 spiro atoms. The highest BCUT2D eigenvalue weighted by Crippen LogP contribution is 2.16. The summed E-state index contributed by atoms with van der Waals surface area (Å²) in [6.45, 7) is 6.56. The van der Waals surface area contributed by atoms with Gasteiger partial charge in [-0.1, -0.05) is 12.1 Å². The van der Waals surface area contributed by atoms with Gasteiger partial charge in [0, 0.05) is 5.56 Å². The molecule has 2 aromatic carbocycles. The van der Waals surface area contributed by atoms with E-state index in [9.17, 15) is 4.79 Å². The van der Waals surface area contributed by atoms with Gasteiger partial charge in [0.1, 0.15) is 30.6 Å². The Bertz CT molecular complexity index is 755. The maximum Gasteiger partial charge on any atom is 0.224 e. The van der Waals surface area contributed by atoms with Crippen molar-refractivity contribution in [1.82, 2.24) is 5.32 Å². The van der Waals surface area contributed by atoms with Crippen LogP contribution >= 0.6 is 0 Å². The molecule has 156 valence electrons. The quantitative estimate of drug-likeness (QED) is 0.669. The smallest absolute Gasteiger partial charge is 0.224 e. The first-order chi connectivity index (χ1) is 14.2. The number of carbonyl (C=O) groups excluding carboxylic acids is 1. The molecule has 3 rings (SSSR count). The van der Waals surface area contributed by atoms with Gasteiger partial charge in [-0.3, -0.25) is 4.79 Å². The van der Waals surface area contributed by atoms with Crippen LogP contribution in [0, 0.1) is 0 Å². The molecule has 1 atom stereocenters. The number of methoxy groups -OCH3 is 1. The fraction of sp³-hybridized carbons (Fsp3) is 0.435. The Hall–Kier alpha value is -2.57. The average Bonchev–Trinajstić information content (AvgIpc) is 2.77. The SMILES string of the molecule is CCOc1ccc(CC(=O)NC[C@H](c2ccc(OC)cc2)[NH+]2CCOCC2)cc1. The van der Waals surface area contributed by atoms with Crippen LogP contribution < -0.4 is 19.7 Å². The Kier molecular flexibility index (Phi) is 7.90. The number of rotatable bonds is 9. The van der Waals surface area contributed by atoms with Gasteiger partial charge in [0.15, 0.2) is 0 Å². The van der Waals surface area contributed by atoms with Crippen molar-refractivity contribution >= 4 is 5.91 Å². The summed E-state index contributed by atoms with van der Waals surface area (Å²) in [5.41, 5.74) is 2.18. The zero-order valence-electron chi connectivity index (χ0n) is 17.3. The third kappa shape index (κ3) is 6.21. The van der Waals surface area contributed by atoms with E-state index in [1.54, 1.807) is 7.11 Å². The van der Waals surface area contributed by atoms with E-state index in [4.69, 9.17) is 14.2 Å². The van der Waals surface area contributed by atoms with E-state index < -0.39 is 0 Å². The molecule has 1 heterocycles. The van der Waals surface area contributed by atoms with Crippen molar-refractivity contribution in [3.63, 3.8) is 0 Å². The third-order valence-electron chi connectivity index (χ3n) is 5.25. The normalized spacial score (nSPS) is 15.5. The topological polar surface area (TPSA) is 61.2 Å². The maximum atomic E-state index is 12.5. The minimum atomic E-state index is 0.0281. The summed E-state index contributed by atoms with van der Waals surface area (Å²) in [7, 11) is 1.67. The summed E-state index contributed by atoms with van der Waals surface area (Å²) < 4.78 is 16.2. The molecule has 6 heteroatoms. The monoisotopic (exact) mass is 399 g/mol. The van der Waals surface area contributed by atoms with Crippen LogP contribution in [0.5, 0.6) is 11.5 Å². The summed E-state index contributed by atoms with van der Waals surface area (Å²) in [4.78, 5) is 14.0. The van der Waals surface area contributed by atoms with Crippen LogP contribution in [-0.2, 0) is 16.0 Å². The fourth-order valence-corrected chi connectivity index (χ4v) is 3.65. The number of benzene rings is 2. The molecule has 0 bridgehead atoms. The predicted molar refractivity (Wildman–Crippen MR) is 112 cm³/mol. The van der Waals surface area contributed by atoms with E-state index in [-0.39, 0.29) is 11.9 Å². The predicted octanol–water partition coefficient (Wildman–Crippen LogP) is 1.41. The number of ether oxygens (including phenoxy) is 3. The van der Waals surface area contributed by atoms with Gasteiger partial charge >= 0.3 is 0 Å². The van der Waals surface area contributed by atoms with Gasteiger partial charge < -0.3 is 24.4 Å². The van der Waals surface area contributed by atoms with Crippen LogP contribution in [0.15, 0.2) is 48.5 Å². The van der Waals surface area contributed by atoms with E-state index in [2.05, 4.69) is 17.4 Å². The second-order valence-corrected chi connectivity index (χ2v) is 7.15. The van der Waals surface area contributed by atoms with Gasteiger partial charge in [0.05, 0.1) is 39.9 Å². The number of carbonyl (C=O) groups is 1. The van der Waals surface area contributed by atoms with Crippen molar-refractivity contribution in [3.05, 3.63) is 59.7 Å². The van der Waals surface area contributed by atoms with E-state index in [1.807, 2.05) is 43.3 Å². The van der Waals surface area contributed by atoms with Gasteiger partial charge in [-0.25, -0.2) is 0 Å². The molecule has 1 aliphatic heterocycles. The molecule has 1 saturated heterocycles. The number of quaternary nitrogens is 1. The first-order valence-electron chi connectivity index (χ1n) is 10.2. The Morgan fingerprint density at radius 2 is 1.72 bits per heavy atom. The van der Waals surface area contributed by atoms with Crippen LogP contribution in [0.3, 0.4) is 0 Å². The van der Waals surface area contributed by atoms with Crippen molar-refractivity contribution in [2.45, 2.75) is 19.4 Å². The summed E-state index contributed by atoms with van der Waals surface area (Å²) >= 11 is 0. The molecule has 1 amide bonds. The summed E-state index contributed by atoms with van der Waals surface area (Å²) in [6, 6.07) is 16.0. The summed E-state index contributed by atoms with van der Waals surface area (Å²) in [5, 5.41) is 3.13. The lowest BCUT2D eigenvalue weighted by atomic mass is 10.0. The number of hydrogen-bond acceptors (Lipinski definition) is 4. The largest absolute Gasteiger partial charge is 0.497 e.